The number of aliphatic hydroxyl groups excluding tert-OH is 2. The molecule has 0 saturated heterocycles. The molecule has 0 bridgehead atoms. The van der Waals surface area contributed by atoms with Crippen molar-refractivity contribution in [2.24, 2.45) is 0 Å². The third kappa shape index (κ3) is 3.25. The van der Waals surface area contributed by atoms with Crippen molar-refractivity contribution in [2.75, 3.05) is 13.2 Å². The Balaban J connectivity index is 2.80. The van der Waals surface area contributed by atoms with E-state index in [2.05, 4.69) is 5.32 Å². The number of rotatable bonds is 4. The molecule has 1 aromatic rings. The van der Waals surface area contributed by atoms with Gasteiger partial charge < -0.3 is 15.5 Å². The molecule has 1 rings (SSSR count). The van der Waals surface area contributed by atoms with Crippen LogP contribution in [-0.4, -0.2) is 35.4 Å². The molecule has 0 aliphatic rings. The number of benzene rings is 1. The van der Waals surface area contributed by atoms with Gasteiger partial charge in [0.15, 0.2) is 0 Å². The minimum absolute atomic E-state index is 0.204. The second-order valence-corrected chi connectivity index (χ2v) is 3.19. The Morgan fingerprint density at radius 3 is 2.12 bits per heavy atom. The first-order valence-electron chi connectivity index (χ1n) is 4.55. The molecule has 88 valence electrons. The number of hydrogen-bond donors (Lipinski definition) is 3. The zero-order valence-electron chi connectivity index (χ0n) is 8.28. The summed E-state index contributed by atoms with van der Waals surface area (Å²) in [5.74, 6) is -2.49. The maximum Gasteiger partial charge on any atom is 0.251 e. The third-order valence-corrected chi connectivity index (χ3v) is 1.90. The topological polar surface area (TPSA) is 69.6 Å². The van der Waals surface area contributed by atoms with Crippen LogP contribution < -0.4 is 5.32 Å². The Kier molecular flexibility index (Phi) is 4.33. The van der Waals surface area contributed by atoms with Gasteiger partial charge in [-0.2, -0.15) is 0 Å². The molecule has 3 N–H and O–H groups in total. The molecule has 4 nitrogen and oxygen atoms in total. The highest BCUT2D eigenvalue weighted by Crippen LogP contribution is 2.07. The lowest BCUT2D eigenvalue weighted by atomic mass is 10.2. The summed E-state index contributed by atoms with van der Waals surface area (Å²) < 4.78 is 25.5. The van der Waals surface area contributed by atoms with Crippen LogP contribution in [0.15, 0.2) is 18.2 Å². The van der Waals surface area contributed by atoms with E-state index in [0.29, 0.717) is 6.07 Å². The number of hydrogen-bond acceptors (Lipinski definition) is 3. The zero-order chi connectivity index (χ0) is 12.1. The van der Waals surface area contributed by atoms with Crippen molar-refractivity contribution in [1.82, 2.24) is 5.32 Å². The summed E-state index contributed by atoms with van der Waals surface area (Å²) in [6, 6.07) is 1.53. The molecule has 0 aromatic heterocycles. The standard InChI is InChI=1S/C10H11F2NO3/c11-7-1-6(2-8(12)3-7)10(16)13-9(4-14)5-15/h1-3,9,14-15H,4-5H2,(H,13,16). The Labute approximate surface area is 90.5 Å². The highest BCUT2D eigenvalue weighted by molar-refractivity contribution is 5.94. The van der Waals surface area contributed by atoms with Gasteiger partial charge in [0.05, 0.1) is 19.3 Å². The van der Waals surface area contributed by atoms with Crippen LogP contribution in [0.25, 0.3) is 0 Å². The van der Waals surface area contributed by atoms with Crippen molar-refractivity contribution < 1.29 is 23.8 Å². The molecule has 0 saturated carbocycles. The first kappa shape index (κ1) is 12.5. The van der Waals surface area contributed by atoms with E-state index in [1.807, 2.05) is 0 Å². The monoisotopic (exact) mass is 231 g/mol. The van der Waals surface area contributed by atoms with E-state index in [9.17, 15) is 13.6 Å². The van der Waals surface area contributed by atoms with Gasteiger partial charge in [-0.25, -0.2) is 8.78 Å². The predicted molar refractivity (Wildman–Crippen MR) is 51.8 cm³/mol. The molecule has 0 heterocycles. The lowest BCUT2D eigenvalue weighted by molar-refractivity contribution is 0.0878. The fourth-order valence-electron chi connectivity index (χ4n) is 1.10. The summed E-state index contributed by atoms with van der Waals surface area (Å²) in [7, 11) is 0. The third-order valence-electron chi connectivity index (χ3n) is 1.90. The number of carbonyl (C=O) groups is 1. The summed E-state index contributed by atoms with van der Waals surface area (Å²) in [4.78, 5) is 11.4. The van der Waals surface area contributed by atoms with Gasteiger partial charge in [0.1, 0.15) is 11.6 Å². The molecule has 1 aromatic carbocycles. The van der Waals surface area contributed by atoms with E-state index < -0.39 is 36.8 Å². The maximum atomic E-state index is 12.8. The molecular weight excluding hydrogens is 220 g/mol. The van der Waals surface area contributed by atoms with Gasteiger partial charge in [-0.1, -0.05) is 0 Å². The fraction of sp³-hybridized carbons (Fsp3) is 0.300. The van der Waals surface area contributed by atoms with Crippen LogP contribution >= 0.6 is 0 Å². The Morgan fingerprint density at radius 2 is 1.69 bits per heavy atom. The van der Waals surface area contributed by atoms with Crippen molar-refractivity contribution in [1.29, 1.82) is 0 Å². The summed E-state index contributed by atoms with van der Waals surface area (Å²) in [5, 5.41) is 19.6. The molecule has 0 spiro atoms. The predicted octanol–water partition coefficient (Wildman–Crippen LogP) is 0.0478. The normalized spacial score (nSPS) is 10.6. The first-order valence-corrected chi connectivity index (χ1v) is 4.55. The van der Waals surface area contributed by atoms with E-state index in [-0.39, 0.29) is 5.56 Å². The van der Waals surface area contributed by atoms with Crippen molar-refractivity contribution in [2.45, 2.75) is 6.04 Å². The molecule has 6 heteroatoms. The smallest absolute Gasteiger partial charge is 0.251 e. The van der Waals surface area contributed by atoms with Gasteiger partial charge in [-0.3, -0.25) is 4.79 Å². The molecule has 0 radical (unpaired) electrons. The highest BCUT2D eigenvalue weighted by Gasteiger charge is 2.13. The summed E-state index contributed by atoms with van der Waals surface area (Å²) in [5.41, 5.74) is -0.204. The van der Waals surface area contributed by atoms with Crippen molar-refractivity contribution in [3.63, 3.8) is 0 Å². The van der Waals surface area contributed by atoms with Gasteiger partial charge in [-0.05, 0) is 12.1 Å². The van der Waals surface area contributed by atoms with Crippen LogP contribution in [0.4, 0.5) is 8.78 Å². The quantitative estimate of drug-likeness (QED) is 0.685. The van der Waals surface area contributed by atoms with Crippen LogP contribution in [0.5, 0.6) is 0 Å². The Bertz CT molecular complexity index is 360. The second kappa shape index (κ2) is 5.53. The second-order valence-electron chi connectivity index (χ2n) is 3.19. The van der Waals surface area contributed by atoms with E-state index >= 15 is 0 Å². The molecule has 0 unspecified atom stereocenters. The van der Waals surface area contributed by atoms with Gasteiger partial charge >= 0.3 is 0 Å². The van der Waals surface area contributed by atoms with Crippen LogP contribution in [0.3, 0.4) is 0 Å². The number of amides is 1. The first-order chi connectivity index (χ1) is 7.56. The minimum Gasteiger partial charge on any atom is -0.394 e. The van der Waals surface area contributed by atoms with E-state index in [0.717, 1.165) is 12.1 Å². The summed E-state index contributed by atoms with van der Waals surface area (Å²) in [6.45, 7) is -0.917. The number of carbonyl (C=O) groups excluding carboxylic acids is 1. The molecule has 16 heavy (non-hydrogen) atoms. The van der Waals surface area contributed by atoms with Crippen molar-refractivity contribution in [3.8, 4) is 0 Å². The largest absolute Gasteiger partial charge is 0.394 e. The Hall–Kier alpha value is -1.53. The number of nitrogens with one attached hydrogen (secondary N) is 1. The molecule has 0 aliphatic heterocycles. The van der Waals surface area contributed by atoms with Gasteiger partial charge in [0.2, 0.25) is 0 Å². The van der Waals surface area contributed by atoms with Gasteiger partial charge in [0.25, 0.3) is 5.91 Å². The molecule has 0 fully saturated rings. The zero-order valence-corrected chi connectivity index (χ0v) is 8.28. The van der Waals surface area contributed by atoms with Crippen LogP contribution in [0.1, 0.15) is 10.4 Å². The van der Waals surface area contributed by atoms with Gasteiger partial charge in [0, 0.05) is 11.6 Å². The van der Waals surface area contributed by atoms with Crippen molar-refractivity contribution in [3.05, 3.63) is 35.4 Å². The summed E-state index contributed by atoms with van der Waals surface area (Å²) in [6.07, 6.45) is 0. The average molecular weight is 231 g/mol. The lowest BCUT2D eigenvalue weighted by Crippen LogP contribution is -2.40. The molecule has 0 aliphatic carbocycles. The number of halogens is 2. The van der Waals surface area contributed by atoms with Crippen LogP contribution in [0.2, 0.25) is 0 Å². The summed E-state index contributed by atoms with van der Waals surface area (Å²) >= 11 is 0. The molecular formula is C10H11F2NO3. The number of aliphatic hydroxyl groups is 2. The minimum atomic E-state index is -0.866. The van der Waals surface area contributed by atoms with E-state index in [1.165, 1.54) is 0 Å². The van der Waals surface area contributed by atoms with E-state index in [1.54, 1.807) is 0 Å². The fourth-order valence-corrected chi connectivity index (χ4v) is 1.10. The molecule has 1 amide bonds. The van der Waals surface area contributed by atoms with Gasteiger partial charge in [-0.15, -0.1) is 0 Å². The van der Waals surface area contributed by atoms with Crippen molar-refractivity contribution >= 4 is 5.91 Å². The lowest BCUT2D eigenvalue weighted by Gasteiger charge is -2.13. The van der Waals surface area contributed by atoms with E-state index in [4.69, 9.17) is 10.2 Å². The average Bonchev–Trinajstić information content (AvgIpc) is 2.24. The van der Waals surface area contributed by atoms with Crippen LogP contribution in [-0.2, 0) is 0 Å². The molecule has 0 atom stereocenters. The maximum absolute atomic E-state index is 12.8. The van der Waals surface area contributed by atoms with Crippen LogP contribution in [0, 0.1) is 11.6 Å². The SMILES string of the molecule is O=C(NC(CO)CO)c1cc(F)cc(F)c1. The Morgan fingerprint density at radius 1 is 1.19 bits per heavy atom. The highest BCUT2D eigenvalue weighted by atomic mass is 19.1.